The summed E-state index contributed by atoms with van der Waals surface area (Å²) in [5.41, 5.74) is 0. The predicted molar refractivity (Wildman–Crippen MR) is 71.0 cm³/mol. The lowest BCUT2D eigenvalue weighted by molar-refractivity contribution is 0.589. The molecule has 0 radical (unpaired) electrons. The lowest BCUT2D eigenvalue weighted by atomic mass is 10.3. The molecule has 2 nitrogen and oxygen atoms in total. The molecule has 2 aromatic carbocycles. The van der Waals surface area contributed by atoms with Crippen LogP contribution in [0.25, 0.3) is 0 Å². The van der Waals surface area contributed by atoms with Crippen molar-refractivity contribution in [3.63, 3.8) is 0 Å². The maximum absolute atomic E-state index is 13.4. The third kappa shape index (κ3) is 2.58. The molecule has 2 rings (SSSR count). The molecule has 0 N–H and O–H groups in total. The summed E-state index contributed by atoms with van der Waals surface area (Å²) >= 11 is 8.72. The Balaban J connectivity index is 2.58. The molecule has 0 aromatic heterocycles. The van der Waals surface area contributed by atoms with Crippen LogP contribution < -0.4 is 0 Å². The van der Waals surface area contributed by atoms with E-state index in [0.717, 1.165) is 6.07 Å². The molecule has 0 saturated heterocycles. The summed E-state index contributed by atoms with van der Waals surface area (Å²) in [7, 11) is -3.75. The van der Waals surface area contributed by atoms with E-state index in [1.807, 2.05) is 0 Å². The number of hydrogen-bond donors (Lipinski definition) is 0. The van der Waals surface area contributed by atoms with E-state index in [2.05, 4.69) is 15.9 Å². The predicted octanol–water partition coefficient (Wildman–Crippen LogP) is 4.07. The highest BCUT2D eigenvalue weighted by atomic mass is 79.9. The molecular weight excluding hydrogens is 343 g/mol. The van der Waals surface area contributed by atoms with Gasteiger partial charge in [-0.15, -0.1) is 0 Å². The minimum absolute atomic E-state index is 0.0386. The van der Waals surface area contributed by atoms with Crippen LogP contribution in [0, 0.1) is 5.82 Å². The number of benzene rings is 2. The van der Waals surface area contributed by atoms with E-state index >= 15 is 0 Å². The average Bonchev–Trinajstić information content (AvgIpc) is 2.32. The van der Waals surface area contributed by atoms with Crippen molar-refractivity contribution in [2.75, 3.05) is 0 Å². The molecule has 0 atom stereocenters. The molecule has 6 heteroatoms. The first-order valence-corrected chi connectivity index (χ1v) is 7.52. The first-order valence-electron chi connectivity index (χ1n) is 4.87. The Bertz CT molecular complexity index is 701. The molecule has 0 heterocycles. The van der Waals surface area contributed by atoms with Gasteiger partial charge in [0.25, 0.3) is 0 Å². The molecule has 0 aliphatic rings. The van der Waals surface area contributed by atoms with E-state index in [9.17, 15) is 12.8 Å². The molecule has 0 fully saturated rings. The smallest absolute Gasteiger partial charge is 0.206 e. The maximum Gasteiger partial charge on any atom is 0.206 e. The van der Waals surface area contributed by atoms with E-state index in [0.29, 0.717) is 5.02 Å². The SMILES string of the molecule is O=S(=O)(c1cccc(Cl)c1)c1ccc(Br)c(F)c1. The number of rotatable bonds is 2. The Labute approximate surface area is 117 Å². The van der Waals surface area contributed by atoms with Gasteiger partial charge < -0.3 is 0 Å². The van der Waals surface area contributed by atoms with E-state index in [4.69, 9.17) is 11.6 Å². The summed E-state index contributed by atoms with van der Waals surface area (Å²) in [4.78, 5) is -0.0674. The van der Waals surface area contributed by atoms with E-state index < -0.39 is 15.7 Å². The molecule has 2 aromatic rings. The van der Waals surface area contributed by atoms with Crippen molar-refractivity contribution in [1.29, 1.82) is 0 Å². The van der Waals surface area contributed by atoms with Crippen LogP contribution in [-0.4, -0.2) is 8.42 Å². The third-order valence-corrected chi connectivity index (χ3v) is 4.94. The summed E-state index contributed by atoms with van der Waals surface area (Å²) in [6, 6.07) is 9.52. The van der Waals surface area contributed by atoms with Crippen LogP contribution in [0.2, 0.25) is 5.02 Å². The highest BCUT2D eigenvalue weighted by Crippen LogP contribution is 2.26. The zero-order chi connectivity index (χ0) is 13.3. The van der Waals surface area contributed by atoms with Crippen molar-refractivity contribution in [3.05, 3.63) is 57.8 Å². The van der Waals surface area contributed by atoms with Crippen LogP contribution in [0.15, 0.2) is 56.7 Å². The van der Waals surface area contributed by atoms with Crippen molar-refractivity contribution in [2.24, 2.45) is 0 Å². The summed E-state index contributed by atoms with van der Waals surface area (Å²) in [6.45, 7) is 0. The van der Waals surface area contributed by atoms with E-state index in [1.165, 1.54) is 30.3 Å². The molecule has 0 bridgehead atoms. The van der Waals surface area contributed by atoms with Gasteiger partial charge in [0.05, 0.1) is 14.3 Å². The normalized spacial score (nSPS) is 11.5. The Morgan fingerprint density at radius 3 is 2.33 bits per heavy atom. The number of halogens is 3. The van der Waals surface area contributed by atoms with Gasteiger partial charge in [-0.1, -0.05) is 17.7 Å². The Morgan fingerprint density at radius 2 is 1.72 bits per heavy atom. The molecule has 0 saturated carbocycles. The quantitative estimate of drug-likeness (QED) is 0.819. The van der Waals surface area contributed by atoms with E-state index in [-0.39, 0.29) is 14.3 Å². The van der Waals surface area contributed by atoms with Crippen molar-refractivity contribution < 1.29 is 12.8 Å². The average molecular weight is 350 g/mol. The zero-order valence-electron chi connectivity index (χ0n) is 8.90. The lowest BCUT2D eigenvalue weighted by Gasteiger charge is -2.05. The van der Waals surface area contributed by atoms with Crippen molar-refractivity contribution in [3.8, 4) is 0 Å². The minimum Gasteiger partial charge on any atom is -0.219 e. The topological polar surface area (TPSA) is 34.1 Å². The highest BCUT2D eigenvalue weighted by molar-refractivity contribution is 9.10. The summed E-state index contributed by atoms with van der Waals surface area (Å²) in [6.07, 6.45) is 0. The molecule has 0 aliphatic heterocycles. The van der Waals surface area contributed by atoms with Gasteiger partial charge in [-0.25, -0.2) is 12.8 Å². The standard InChI is InChI=1S/C12H7BrClFO2S/c13-11-5-4-10(7-12(11)15)18(16,17)9-3-1-2-8(14)6-9/h1-7H. The Hall–Kier alpha value is -0.910. The van der Waals surface area contributed by atoms with Crippen LogP contribution in [0.5, 0.6) is 0 Å². The first-order chi connectivity index (χ1) is 8.41. The van der Waals surface area contributed by atoms with Gasteiger partial charge >= 0.3 is 0 Å². The fraction of sp³-hybridized carbons (Fsp3) is 0. The second-order valence-corrected chi connectivity index (χ2v) is 6.78. The number of sulfone groups is 1. The van der Waals surface area contributed by atoms with Crippen molar-refractivity contribution >= 4 is 37.4 Å². The Kier molecular flexibility index (Phi) is 3.75. The van der Waals surface area contributed by atoms with Crippen LogP contribution in [-0.2, 0) is 9.84 Å². The molecule has 0 unspecified atom stereocenters. The number of hydrogen-bond acceptors (Lipinski definition) is 2. The fourth-order valence-corrected chi connectivity index (χ4v) is 3.23. The lowest BCUT2D eigenvalue weighted by Crippen LogP contribution is -2.02. The molecule has 0 amide bonds. The van der Waals surface area contributed by atoms with Crippen molar-refractivity contribution in [2.45, 2.75) is 9.79 Å². The minimum atomic E-state index is -3.75. The monoisotopic (exact) mass is 348 g/mol. The summed E-state index contributed by atoms with van der Waals surface area (Å²) < 4.78 is 38.0. The largest absolute Gasteiger partial charge is 0.219 e. The van der Waals surface area contributed by atoms with Gasteiger partial charge in [-0.05, 0) is 52.3 Å². The van der Waals surface area contributed by atoms with Crippen molar-refractivity contribution in [1.82, 2.24) is 0 Å². The Morgan fingerprint density at radius 1 is 1.06 bits per heavy atom. The van der Waals surface area contributed by atoms with Gasteiger partial charge in [-0.2, -0.15) is 0 Å². The van der Waals surface area contributed by atoms with Crippen LogP contribution in [0.4, 0.5) is 4.39 Å². The van der Waals surface area contributed by atoms with Gasteiger partial charge in [0.15, 0.2) is 0 Å². The first kappa shape index (κ1) is 13.5. The van der Waals surface area contributed by atoms with Gasteiger partial charge in [0, 0.05) is 5.02 Å². The second kappa shape index (κ2) is 4.99. The third-order valence-electron chi connectivity index (χ3n) is 2.31. The second-order valence-electron chi connectivity index (χ2n) is 3.54. The van der Waals surface area contributed by atoms with Crippen LogP contribution >= 0.6 is 27.5 Å². The summed E-state index contributed by atoms with van der Waals surface area (Å²) in [5, 5.41) is 0.314. The van der Waals surface area contributed by atoms with Gasteiger partial charge in [-0.3, -0.25) is 0 Å². The maximum atomic E-state index is 13.4. The van der Waals surface area contributed by atoms with Gasteiger partial charge in [0.2, 0.25) is 9.84 Å². The van der Waals surface area contributed by atoms with Crippen LogP contribution in [0.1, 0.15) is 0 Å². The molecule has 94 valence electrons. The molecule has 0 spiro atoms. The fourth-order valence-electron chi connectivity index (χ4n) is 1.41. The summed E-state index contributed by atoms with van der Waals surface area (Å²) in [5.74, 6) is -0.627. The van der Waals surface area contributed by atoms with Gasteiger partial charge in [0.1, 0.15) is 5.82 Å². The zero-order valence-corrected chi connectivity index (χ0v) is 12.1. The van der Waals surface area contributed by atoms with E-state index in [1.54, 1.807) is 6.07 Å². The molecule has 18 heavy (non-hydrogen) atoms. The molecule has 0 aliphatic carbocycles. The molecular formula is C12H7BrClFO2S. The van der Waals surface area contributed by atoms with Crippen LogP contribution in [0.3, 0.4) is 0 Å². The highest BCUT2D eigenvalue weighted by Gasteiger charge is 2.19.